The lowest BCUT2D eigenvalue weighted by Crippen LogP contribution is -2.30. The quantitative estimate of drug-likeness (QED) is 0.0263. The third kappa shape index (κ3) is 47.5. The summed E-state index contributed by atoms with van der Waals surface area (Å²) < 4.78 is 16.7. The number of allylic oxidation sites excluding steroid dienone is 14. The van der Waals surface area contributed by atoms with Crippen molar-refractivity contribution in [1.29, 1.82) is 0 Å². The minimum atomic E-state index is -0.801. The molecule has 348 valence electrons. The van der Waals surface area contributed by atoms with Crippen molar-refractivity contribution in [3.8, 4) is 0 Å². The second-order valence-corrected chi connectivity index (χ2v) is 16.3. The van der Waals surface area contributed by atoms with Gasteiger partial charge in [0.2, 0.25) is 0 Å². The van der Waals surface area contributed by atoms with E-state index in [2.05, 4.69) is 106 Å². The first-order chi connectivity index (χ1) is 30.0. The summed E-state index contributed by atoms with van der Waals surface area (Å²) in [6.45, 7) is 6.41. The van der Waals surface area contributed by atoms with Gasteiger partial charge in [-0.1, -0.05) is 202 Å². The van der Waals surface area contributed by atoms with Crippen molar-refractivity contribution < 1.29 is 28.6 Å². The van der Waals surface area contributed by atoms with Crippen LogP contribution >= 0.6 is 0 Å². The summed E-state index contributed by atoms with van der Waals surface area (Å²) in [5, 5.41) is 0. The molecule has 0 radical (unpaired) electrons. The van der Waals surface area contributed by atoms with Gasteiger partial charge in [-0.2, -0.15) is 0 Å². The summed E-state index contributed by atoms with van der Waals surface area (Å²) in [6, 6.07) is 0. The molecule has 0 N–H and O–H groups in total. The van der Waals surface area contributed by atoms with Gasteiger partial charge in [0.05, 0.1) is 0 Å². The number of hydrogen-bond donors (Lipinski definition) is 0. The molecule has 0 fully saturated rings. The summed E-state index contributed by atoms with van der Waals surface area (Å²) in [7, 11) is 0. The SMILES string of the molecule is CC/C=C\C/C=C\C/C=C\C/C=C\C/C=C\CCCC(=O)OC[C@@H](COC(=O)CCCCCCCCCCC)OC(=O)CCCCCCCCC/C=C\C/C=C\CCCCC. The standard InChI is InChI=1S/C55H92O6/c1-4-7-10-13-16-19-21-23-25-27-29-31-33-36-39-42-45-48-54(57)60-51-52(50-59-53(56)47-44-41-38-35-18-15-12-9-6-3)61-55(58)49-46-43-40-37-34-32-30-28-26-24-22-20-17-14-11-8-5-2/h7,10,16-17,19-20,23-26,29,31,36,39,52H,4-6,8-9,11-15,18,21-22,27-28,30,32-35,37-38,40-51H2,1-3H3/b10-7-,19-16-,20-17-,25-23-,26-24-,31-29-,39-36-/t52-/m1/s1. The van der Waals surface area contributed by atoms with Crippen LogP contribution in [-0.2, 0) is 28.6 Å². The molecule has 6 nitrogen and oxygen atoms in total. The highest BCUT2D eigenvalue weighted by molar-refractivity contribution is 5.71. The van der Waals surface area contributed by atoms with Crippen LogP contribution in [-0.4, -0.2) is 37.2 Å². The van der Waals surface area contributed by atoms with Gasteiger partial charge in [0.25, 0.3) is 0 Å². The van der Waals surface area contributed by atoms with Crippen molar-refractivity contribution in [2.45, 2.75) is 232 Å². The predicted octanol–water partition coefficient (Wildman–Crippen LogP) is 16.4. The molecular weight excluding hydrogens is 757 g/mol. The Hall–Kier alpha value is -3.41. The molecule has 0 saturated heterocycles. The first-order valence-electron chi connectivity index (χ1n) is 25.1. The Morgan fingerprint density at radius 1 is 0.344 bits per heavy atom. The molecule has 0 aromatic heterocycles. The third-order valence-electron chi connectivity index (χ3n) is 10.4. The van der Waals surface area contributed by atoms with Crippen molar-refractivity contribution in [1.82, 2.24) is 0 Å². The Balaban J connectivity index is 4.45. The highest BCUT2D eigenvalue weighted by Gasteiger charge is 2.19. The van der Waals surface area contributed by atoms with E-state index in [1.54, 1.807) is 0 Å². The minimum Gasteiger partial charge on any atom is -0.462 e. The van der Waals surface area contributed by atoms with E-state index in [1.807, 2.05) is 0 Å². The molecule has 0 heterocycles. The lowest BCUT2D eigenvalue weighted by Gasteiger charge is -2.18. The van der Waals surface area contributed by atoms with Crippen LogP contribution in [0.25, 0.3) is 0 Å². The van der Waals surface area contributed by atoms with Crippen LogP contribution in [0.5, 0.6) is 0 Å². The van der Waals surface area contributed by atoms with Gasteiger partial charge in [-0.05, 0) is 89.9 Å². The maximum absolute atomic E-state index is 12.8. The van der Waals surface area contributed by atoms with Crippen molar-refractivity contribution >= 4 is 17.9 Å². The van der Waals surface area contributed by atoms with Gasteiger partial charge in [-0.3, -0.25) is 14.4 Å². The molecule has 0 aromatic carbocycles. The predicted molar refractivity (Wildman–Crippen MR) is 261 cm³/mol. The molecule has 0 aliphatic heterocycles. The zero-order chi connectivity index (χ0) is 44.4. The average molecular weight is 849 g/mol. The molecule has 0 rings (SSSR count). The van der Waals surface area contributed by atoms with Gasteiger partial charge in [-0.25, -0.2) is 0 Å². The summed E-state index contributed by atoms with van der Waals surface area (Å²) in [5.41, 5.74) is 0. The lowest BCUT2D eigenvalue weighted by atomic mass is 10.1. The normalized spacial score (nSPS) is 12.8. The zero-order valence-corrected chi connectivity index (χ0v) is 39.7. The number of rotatable bonds is 44. The molecule has 0 aliphatic carbocycles. The fourth-order valence-electron chi connectivity index (χ4n) is 6.62. The molecule has 1 atom stereocenters. The molecular formula is C55H92O6. The van der Waals surface area contributed by atoms with Crippen LogP contribution in [0.3, 0.4) is 0 Å². The molecule has 0 spiro atoms. The molecule has 0 saturated carbocycles. The molecule has 0 aromatic rings. The number of hydrogen-bond acceptors (Lipinski definition) is 6. The van der Waals surface area contributed by atoms with Crippen LogP contribution in [0.15, 0.2) is 85.1 Å². The van der Waals surface area contributed by atoms with E-state index in [0.717, 1.165) is 89.9 Å². The summed E-state index contributed by atoms with van der Waals surface area (Å²) in [5.74, 6) is -0.971. The second-order valence-electron chi connectivity index (χ2n) is 16.3. The minimum absolute atomic E-state index is 0.0970. The fourth-order valence-corrected chi connectivity index (χ4v) is 6.62. The van der Waals surface area contributed by atoms with E-state index in [-0.39, 0.29) is 37.5 Å². The zero-order valence-electron chi connectivity index (χ0n) is 39.7. The van der Waals surface area contributed by atoms with Gasteiger partial charge < -0.3 is 14.2 Å². The van der Waals surface area contributed by atoms with Gasteiger partial charge in [0, 0.05) is 19.3 Å². The van der Waals surface area contributed by atoms with Crippen molar-refractivity contribution in [3.63, 3.8) is 0 Å². The number of carbonyl (C=O) groups excluding carboxylic acids is 3. The van der Waals surface area contributed by atoms with Crippen LogP contribution in [0.1, 0.15) is 226 Å². The first-order valence-corrected chi connectivity index (χ1v) is 25.1. The highest BCUT2D eigenvalue weighted by Crippen LogP contribution is 2.14. The summed E-state index contributed by atoms with van der Waals surface area (Å²) in [6.07, 6.45) is 62.9. The first kappa shape index (κ1) is 57.6. The maximum Gasteiger partial charge on any atom is 0.306 e. The monoisotopic (exact) mass is 849 g/mol. The van der Waals surface area contributed by atoms with Crippen LogP contribution < -0.4 is 0 Å². The Kier molecular flexibility index (Phi) is 46.5. The number of unbranched alkanes of at least 4 members (excludes halogenated alkanes) is 19. The van der Waals surface area contributed by atoms with E-state index in [0.29, 0.717) is 19.3 Å². The number of carbonyl (C=O) groups is 3. The molecule has 6 heteroatoms. The Bertz CT molecular complexity index is 1200. The summed E-state index contributed by atoms with van der Waals surface area (Å²) in [4.78, 5) is 37.8. The number of ether oxygens (including phenoxy) is 3. The maximum atomic E-state index is 12.8. The van der Waals surface area contributed by atoms with Gasteiger partial charge in [0.1, 0.15) is 13.2 Å². The van der Waals surface area contributed by atoms with Crippen molar-refractivity contribution in [2.75, 3.05) is 13.2 Å². The fraction of sp³-hybridized carbons (Fsp3) is 0.691. The third-order valence-corrected chi connectivity index (χ3v) is 10.4. The average Bonchev–Trinajstić information content (AvgIpc) is 3.26. The van der Waals surface area contributed by atoms with Crippen LogP contribution in [0.4, 0.5) is 0 Å². The van der Waals surface area contributed by atoms with E-state index in [9.17, 15) is 14.4 Å². The van der Waals surface area contributed by atoms with Gasteiger partial charge in [0.15, 0.2) is 6.10 Å². The van der Waals surface area contributed by atoms with Gasteiger partial charge >= 0.3 is 17.9 Å². The van der Waals surface area contributed by atoms with E-state index in [1.165, 1.54) is 89.9 Å². The topological polar surface area (TPSA) is 78.9 Å². The largest absolute Gasteiger partial charge is 0.462 e. The molecule has 61 heavy (non-hydrogen) atoms. The molecule has 0 unspecified atom stereocenters. The van der Waals surface area contributed by atoms with Crippen molar-refractivity contribution in [2.24, 2.45) is 0 Å². The lowest BCUT2D eigenvalue weighted by molar-refractivity contribution is -0.167. The second kappa shape index (κ2) is 49.2. The van der Waals surface area contributed by atoms with E-state index in [4.69, 9.17) is 14.2 Å². The summed E-state index contributed by atoms with van der Waals surface area (Å²) >= 11 is 0. The van der Waals surface area contributed by atoms with E-state index < -0.39 is 6.10 Å². The van der Waals surface area contributed by atoms with Crippen LogP contribution in [0.2, 0.25) is 0 Å². The van der Waals surface area contributed by atoms with Gasteiger partial charge in [-0.15, -0.1) is 0 Å². The highest BCUT2D eigenvalue weighted by atomic mass is 16.6. The Labute approximate surface area is 375 Å². The Morgan fingerprint density at radius 3 is 1.10 bits per heavy atom. The molecule has 0 aliphatic rings. The molecule has 0 bridgehead atoms. The van der Waals surface area contributed by atoms with Crippen molar-refractivity contribution in [3.05, 3.63) is 85.1 Å². The van der Waals surface area contributed by atoms with Crippen LogP contribution in [0, 0.1) is 0 Å². The smallest absolute Gasteiger partial charge is 0.306 e. The number of esters is 3. The van der Waals surface area contributed by atoms with E-state index >= 15 is 0 Å². The Morgan fingerprint density at radius 2 is 0.656 bits per heavy atom. The molecule has 0 amide bonds.